The normalized spacial score (nSPS) is 10.2. The third-order valence-corrected chi connectivity index (χ3v) is 4.25. The molecule has 0 saturated heterocycles. The summed E-state index contributed by atoms with van der Waals surface area (Å²) in [5, 5.41) is 5.37. The molecule has 2 N–H and O–H groups in total. The lowest BCUT2D eigenvalue weighted by Crippen LogP contribution is -2.21. The van der Waals surface area contributed by atoms with Gasteiger partial charge >= 0.3 is 0 Å². The van der Waals surface area contributed by atoms with Crippen molar-refractivity contribution < 1.29 is 14.3 Å². The van der Waals surface area contributed by atoms with Crippen molar-refractivity contribution in [1.29, 1.82) is 0 Å². The number of hydrogen-bond donors (Lipinski definition) is 2. The second kappa shape index (κ2) is 9.37. The fourth-order valence-electron chi connectivity index (χ4n) is 2.78. The topological polar surface area (TPSA) is 67.4 Å². The van der Waals surface area contributed by atoms with Crippen LogP contribution in [-0.4, -0.2) is 25.5 Å². The van der Waals surface area contributed by atoms with Crippen LogP contribution in [-0.2, 0) is 6.42 Å². The van der Waals surface area contributed by atoms with Crippen molar-refractivity contribution in [2.75, 3.05) is 19.0 Å². The molecule has 0 aliphatic heterocycles. The SMILES string of the molecule is CNC(=O)c1ccccc1NC(=O)c1cccc(OCCc2ccccc2)c1. The molecule has 2 amide bonds. The average Bonchev–Trinajstić information content (AvgIpc) is 2.74. The molecular formula is C23H22N2O3. The van der Waals surface area contributed by atoms with Gasteiger partial charge in [-0.2, -0.15) is 0 Å². The van der Waals surface area contributed by atoms with Gasteiger partial charge in [-0.1, -0.05) is 48.5 Å². The number of carbonyl (C=O) groups excluding carboxylic acids is 2. The van der Waals surface area contributed by atoms with Gasteiger partial charge in [-0.05, 0) is 35.9 Å². The number of hydrogen-bond acceptors (Lipinski definition) is 3. The molecule has 0 unspecified atom stereocenters. The fourth-order valence-corrected chi connectivity index (χ4v) is 2.78. The second-order valence-corrected chi connectivity index (χ2v) is 6.19. The summed E-state index contributed by atoms with van der Waals surface area (Å²) in [6, 6.07) is 24.0. The highest BCUT2D eigenvalue weighted by Crippen LogP contribution is 2.18. The van der Waals surface area contributed by atoms with Gasteiger partial charge in [0.05, 0.1) is 17.9 Å². The molecule has 0 aliphatic carbocycles. The quantitative estimate of drug-likeness (QED) is 0.659. The summed E-state index contributed by atoms with van der Waals surface area (Å²) in [5.41, 5.74) is 2.53. The number of benzene rings is 3. The second-order valence-electron chi connectivity index (χ2n) is 6.19. The van der Waals surface area contributed by atoms with Crippen LogP contribution >= 0.6 is 0 Å². The number of amides is 2. The van der Waals surface area contributed by atoms with Crippen molar-refractivity contribution in [2.45, 2.75) is 6.42 Å². The monoisotopic (exact) mass is 374 g/mol. The molecule has 0 heterocycles. The fraction of sp³-hybridized carbons (Fsp3) is 0.130. The van der Waals surface area contributed by atoms with Crippen molar-refractivity contribution in [2.24, 2.45) is 0 Å². The third-order valence-electron chi connectivity index (χ3n) is 4.25. The average molecular weight is 374 g/mol. The summed E-state index contributed by atoms with van der Waals surface area (Å²) in [6.07, 6.45) is 0.788. The maximum absolute atomic E-state index is 12.6. The number of para-hydroxylation sites is 1. The zero-order chi connectivity index (χ0) is 19.8. The van der Waals surface area contributed by atoms with E-state index in [4.69, 9.17) is 4.74 Å². The van der Waals surface area contributed by atoms with E-state index in [1.165, 1.54) is 5.56 Å². The minimum atomic E-state index is -0.301. The number of carbonyl (C=O) groups is 2. The first-order chi connectivity index (χ1) is 13.7. The van der Waals surface area contributed by atoms with Gasteiger partial charge in [0.25, 0.3) is 11.8 Å². The number of anilines is 1. The minimum absolute atomic E-state index is 0.256. The van der Waals surface area contributed by atoms with Crippen LogP contribution in [0.25, 0.3) is 0 Å². The van der Waals surface area contributed by atoms with E-state index < -0.39 is 0 Å². The Morgan fingerprint density at radius 1 is 0.857 bits per heavy atom. The Hall–Kier alpha value is -3.60. The summed E-state index contributed by atoms with van der Waals surface area (Å²) in [6.45, 7) is 0.522. The lowest BCUT2D eigenvalue weighted by Gasteiger charge is -2.11. The molecule has 0 bridgehead atoms. The van der Waals surface area contributed by atoms with Gasteiger partial charge in [0.1, 0.15) is 5.75 Å². The van der Waals surface area contributed by atoms with Crippen LogP contribution in [0.5, 0.6) is 5.75 Å². The molecule has 5 heteroatoms. The molecule has 5 nitrogen and oxygen atoms in total. The summed E-state index contributed by atoms with van der Waals surface area (Å²) in [5.74, 6) is 0.0712. The van der Waals surface area contributed by atoms with Crippen molar-refractivity contribution >= 4 is 17.5 Å². The molecule has 3 rings (SSSR count). The summed E-state index contributed by atoms with van der Waals surface area (Å²) in [4.78, 5) is 24.6. The lowest BCUT2D eigenvalue weighted by atomic mass is 10.1. The van der Waals surface area contributed by atoms with Crippen LogP contribution in [0.4, 0.5) is 5.69 Å². The van der Waals surface area contributed by atoms with E-state index in [0.717, 1.165) is 6.42 Å². The Morgan fingerprint density at radius 3 is 2.39 bits per heavy atom. The summed E-state index contributed by atoms with van der Waals surface area (Å²) >= 11 is 0. The van der Waals surface area contributed by atoms with E-state index in [1.807, 2.05) is 24.3 Å². The molecule has 3 aromatic rings. The Bertz CT molecular complexity index is 955. The van der Waals surface area contributed by atoms with E-state index in [0.29, 0.717) is 29.2 Å². The predicted octanol–water partition coefficient (Wildman–Crippen LogP) is 3.92. The standard InChI is InChI=1S/C23H22N2O3/c1-24-23(27)20-12-5-6-13-21(20)25-22(26)18-10-7-11-19(16-18)28-15-14-17-8-3-2-4-9-17/h2-13,16H,14-15H2,1H3,(H,24,27)(H,25,26). The molecule has 0 fully saturated rings. The molecule has 0 radical (unpaired) electrons. The first kappa shape index (κ1) is 19.2. The first-order valence-corrected chi connectivity index (χ1v) is 9.06. The van der Waals surface area contributed by atoms with Gasteiger partial charge in [-0.15, -0.1) is 0 Å². The van der Waals surface area contributed by atoms with Crippen LogP contribution in [0.2, 0.25) is 0 Å². The molecule has 28 heavy (non-hydrogen) atoms. The Balaban J connectivity index is 1.65. The van der Waals surface area contributed by atoms with E-state index in [9.17, 15) is 9.59 Å². The number of nitrogens with one attached hydrogen (secondary N) is 2. The minimum Gasteiger partial charge on any atom is -0.493 e. The third kappa shape index (κ3) is 4.98. The van der Waals surface area contributed by atoms with Crippen LogP contribution in [0.1, 0.15) is 26.3 Å². The lowest BCUT2D eigenvalue weighted by molar-refractivity contribution is 0.0964. The summed E-state index contributed by atoms with van der Waals surface area (Å²) < 4.78 is 5.79. The molecule has 0 atom stereocenters. The van der Waals surface area contributed by atoms with Crippen LogP contribution in [0.3, 0.4) is 0 Å². The highest BCUT2D eigenvalue weighted by Gasteiger charge is 2.13. The Morgan fingerprint density at radius 2 is 1.61 bits per heavy atom. The van der Waals surface area contributed by atoms with Gasteiger partial charge < -0.3 is 15.4 Å². The van der Waals surface area contributed by atoms with E-state index in [1.54, 1.807) is 49.5 Å². The Labute approximate surface area is 164 Å². The zero-order valence-corrected chi connectivity index (χ0v) is 15.6. The largest absolute Gasteiger partial charge is 0.493 e. The summed E-state index contributed by atoms with van der Waals surface area (Å²) in [7, 11) is 1.55. The predicted molar refractivity (Wildman–Crippen MR) is 110 cm³/mol. The number of rotatable bonds is 7. The molecule has 0 saturated carbocycles. The Kier molecular flexibility index (Phi) is 6.41. The van der Waals surface area contributed by atoms with Crippen molar-refractivity contribution in [1.82, 2.24) is 5.32 Å². The molecule has 0 spiro atoms. The highest BCUT2D eigenvalue weighted by molar-refractivity contribution is 6.09. The van der Waals surface area contributed by atoms with E-state index >= 15 is 0 Å². The van der Waals surface area contributed by atoms with Gasteiger partial charge in [0.2, 0.25) is 0 Å². The van der Waals surface area contributed by atoms with Gasteiger partial charge in [0.15, 0.2) is 0 Å². The van der Waals surface area contributed by atoms with E-state index in [-0.39, 0.29) is 11.8 Å². The molecule has 3 aromatic carbocycles. The van der Waals surface area contributed by atoms with Gasteiger partial charge in [-0.25, -0.2) is 0 Å². The molecular weight excluding hydrogens is 352 g/mol. The zero-order valence-electron chi connectivity index (χ0n) is 15.6. The maximum atomic E-state index is 12.6. The first-order valence-electron chi connectivity index (χ1n) is 9.06. The van der Waals surface area contributed by atoms with E-state index in [2.05, 4.69) is 22.8 Å². The molecule has 0 aliphatic rings. The molecule has 142 valence electrons. The van der Waals surface area contributed by atoms with Crippen LogP contribution < -0.4 is 15.4 Å². The van der Waals surface area contributed by atoms with Crippen LogP contribution in [0.15, 0.2) is 78.9 Å². The van der Waals surface area contributed by atoms with Crippen molar-refractivity contribution in [3.05, 3.63) is 95.6 Å². The van der Waals surface area contributed by atoms with Crippen LogP contribution in [0, 0.1) is 0 Å². The number of ether oxygens (including phenoxy) is 1. The van der Waals surface area contributed by atoms with Crippen molar-refractivity contribution in [3.8, 4) is 5.75 Å². The van der Waals surface area contributed by atoms with Gasteiger partial charge in [0, 0.05) is 19.0 Å². The maximum Gasteiger partial charge on any atom is 0.255 e. The molecule has 0 aromatic heterocycles. The van der Waals surface area contributed by atoms with Gasteiger partial charge in [-0.3, -0.25) is 9.59 Å². The van der Waals surface area contributed by atoms with Crippen molar-refractivity contribution in [3.63, 3.8) is 0 Å². The highest BCUT2D eigenvalue weighted by atomic mass is 16.5. The smallest absolute Gasteiger partial charge is 0.255 e.